The fourth-order valence-corrected chi connectivity index (χ4v) is 8.47. The molecule has 2 aliphatic carbocycles. The number of fused-ring (bicyclic) bond motifs is 6. The molecule has 0 fully saturated rings. The number of rotatable bonds is 4. The van der Waals surface area contributed by atoms with Crippen LogP contribution in [-0.4, -0.2) is 9.52 Å². The number of hydrogen-bond acceptors (Lipinski definition) is 0. The minimum atomic E-state index is -0.0285. The number of allylic oxidation sites excluding steroid dienone is 1. The van der Waals surface area contributed by atoms with Crippen molar-refractivity contribution in [3.05, 3.63) is 148 Å². The van der Waals surface area contributed by atoms with Gasteiger partial charge in [-0.05, 0) is 90.6 Å². The Morgan fingerprint density at radius 3 is 1.92 bits per heavy atom. The maximum atomic E-state index is 3.90. The van der Waals surface area contributed by atoms with Crippen LogP contribution in [0, 0.1) is 6.07 Å². The van der Waals surface area contributed by atoms with Gasteiger partial charge in [0, 0.05) is 9.52 Å². The van der Waals surface area contributed by atoms with Crippen molar-refractivity contribution in [1.82, 2.24) is 0 Å². The number of benzene rings is 6. The molecule has 2 radical (unpaired) electrons. The first-order chi connectivity index (χ1) is 24.0. The van der Waals surface area contributed by atoms with E-state index in [9.17, 15) is 0 Å². The SMILES string of the molecule is CCCC1=Cc2c(-c3c4ccccc4cc4ccccc34)cccc2C1c1c(C(C)(C)C)[c-]cc2c1Cc1cc(C(C)(C)C)ccc1-2.C[SiH]C.[Cl-].[Cl-].[Zr+3]. The monoisotopic (exact) mass is 828 g/mol. The third kappa shape index (κ3) is 7.87. The van der Waals surface area contributed by atoms with E-state index in [-0.39, 0.29) is 67.8 Å². The van der Waals surface area contributed by atoms with Crippen molar-refractivity contribution in [3.63, 3.8) is 0 Å². The molecule has 53 heavy (non-hydrogen) atoms. The number of halogens is 2. The Labute approximate surface area is 353 Å². The van der Waals surface area contributed by atoms with Gasteiger partial charge in [0.15, 0.2) is 0 Å². The van der Waals surface area contributed by atoms with Gasteiger partial charge in [0.05, 0.1) is 0 Å². The summed E-state index contributed by atoms with van der Waals surface area (Å²) in [5.41, 5.74) is 17.2. The molecule has 0 amide bonds. The van der Waals surface area contributed by atoms with E-state index in [0.29, 0.717) is 0 Å². The summed E-state index contributed by atoms with van der Waals surface area (Å²) in [6.45, 7) is 20.8. The smallest absolute Gasteiger partial charge is 1.00 e. The zero-order chi connectivity index (χ0) is 35.4. The first-order valence-electron chi connectivity index (χ1n) is 18.7. The van der Waals surface area contributed by atoms with E-state index >= 15 is 0 Å². The van der Waals surface area contributed by atoms with Crippen molar-refractivity contribution < 1.29 is 51.0 Å². The molecule has 6 aromatic carbocycles. The largest absolute Gasteiger partial charge is 3.00 e. The zero-order valence-corrected chi connectivity index (χ0v) is 38.0. The van der Waals surface area contributed by atoms with Crippen molar-refractivity contribution >= 4 is 37.1 Å². The summed E-state index contributed by atoms with van der Waals surface area (Å²) < 4.78 is 0. The van der Waals surface area contributed by atoms with Crippen LogP contribution >= 0.6 is 0 Å². The van der Waals surface area contributed by atoms with Crippen LogP contribution < -0.4 is 24.8 Å². The van der Waals surface area contributed by atoms with Crippen LogP contribution in [0.1, 0.15) is 106 Å². The summed E-state index contributed by atoms with van der Waals surface area (Å²) in [5.74, 6) is 0.225. The standard InChI is InChI=1S/C47H45.C2H7Si.2ClH.Zr/c1-8-14-31-27-40-38(19-13-20-39(40)44-35-17-11-9-15-29(35)25-30-16-10-12-18-36(30)44)43(31)45-41-28-32-26-33(46(2,3)4)21-22-34(32)37(41)23-24-42(45)47(5,6)7;1-3-2;;;/h9-13,15-23,25-27,43H,8,14,28H2,1-7H3;3H,1-2H3;2*1H;/q-1;;;;+3/p-2. The molecule has 8 rings (SSSR count). The van der Waals surface area contributed by atoms with Gasteiger partial charge in [-0.1, -0.05) is 170 Å². The maximum absolute atomic E-state index is 3.90. The minimum absolute atomic E-state index is 0. The van der Waals surface area contributed by atoms with Crippen molar-refractivity contribution in [2.45, 2.75) is 97.6 Å². The second-order valence-corrected chi connectivity index (χ2v) is 17.7. The average molecular weight is 831 g/mol. The Hall–Kier alpha value is -2.74. The fourth-order valence-electron chi connectivity index (χ4n) is 8.47. The predicted molar refractivity (Wildman–Crippen MR) is 221 cm³/mol. The Morgan fingerprint density at radius 1 is 0.717 bits per heavy atom. The molecule has 0 bridgehead atoms. The summed E-state index contributed by atoms with van der Waals surface area (Å²) in [4.78, 5) is 0. The van der Waals surface area contributed by atoms with Crippen LogP contribution in [0.25, 0.3) is 49.9 Å². The summed E-state index contributed by atoms with van der Waals surface area (Å²) in [6.07, 6.45) is 5.77. The molecule has 0 saturated carbocycles. The normalized spacial score (nSPS) is 14.1. The van der Waals surface area contributed by atoms with Gasteiger partial charge in [0.2, 0.25) is 0 Å². The molecule has 0 nitrogen and oxygen atoms in total. The fraction of sp³-hybridized carbons (Fsp3) is 0.306. The van der Waals surface area contributed by atoms with Gasteiger partial charge < -0.3 is 24.8 Å². The van der Waals surface area contributed by atoms with Gasteiger partial charge in [-0.2, -0.15) is 17.7 Å². The predicted octanol–water partition coefficient (Wildman–Crippen LogP) is 7.48. The van der Waals surface area contributed by atoms with Crippen LogP contribution in [0.4, 0.5) is 0 Å². The van der Waals surface area contributed by atoms with Gasteiger partial charge in [-0.25, -0.2) is 0 Å². The molecule has 1 unspecified atom stereocenters. The first kappa shape index (κ1) is 43.0. The summed E-state index contributed by atoms with van der Waals surface area (Å²) in [7, 11) is 0.750. The first-order valence-corrected chi connectivity index (χ1v) is 21.0. The maximum Gasteiger partial charge on any atom is 3.00 e. The second kappa shape index (κ2) is 17.0. The van der Waals surface area contributed by atoms with E-state index in [1.165, 1.54) is 88.3 Å². The minimum Gasteiger partial charge on any atom is -1.00 e. The molecule has 0 N–H and O–H groups in total. The topological polar surface area (TPSA) is 0 Å². The molecule has 2 aliphatic rings. The molecule has 0 heterocycles. The van der Waals surface area contributed by atoms with Gasteiger partial charge in [0.1, 0.15) is 0 Å². The second-order valence-electron chi connectivity index (χ2n) is 16.5. The Morgan fingerprint density at radius 2 is 1.34 bits per heavy atom. The van der Waals surface area contributed by atoms with E-state index in [2.05, 4.69) is 171 Å². The van der Waals surface area contributed by atoms with Crippen LogP contribution in [0.2, 0.25) is 13.1 Å². The van der Waals surface area contributed by atoms with Crippen LogP contribution in [-0.2, 0) is 43.5 Å². The third-order valence-electron chi connectivity index (χ3n) is 10.7. The molecule has 4 heteroatoms. The Bertz CT molecular complexity index is 2230. The molecular weight excluding hydrogens is 779 g/mol. The molecule has 1 atom stereocenters. The molecule has 6 aromatic rings. The zero-order valence-electron chi connectivity index (χ0n) is 32.8. The van der Waals surface area contributed by atoms with E-state index < -0.39 is 0 Å². The van der Waals surface area contributed by atoms with E-state index in [1.54, 1.807) is 0 Å². The Kier molecular flexibility index (Phi) is 13.8. The number of hydrogen-bond donors (Lipinski definition) is 0. The quantitative estimate of drug-likeness (QED) is 0.0982. The van der Waals surface area contributed by atoms with Gasteiger partial charge in [-0.3, -0.25) is 0 Å². The third-order valence-corrected chi connectivity index (χ3v) is 10.7. The van der Waals surface area contributed by atoms with Gasteiger partial charge in [-0.15, -0.1) is 16.7 Å². The van der Waals surface area contributed by atoms with Crippen LogP contribution in [0.15, 0.2) is 103 Å². The molecule has 0 spiro atoms. The Balaban J connectivity index is 0.00000101. The van der Waals surface area contributed by atoms with Gasteiger partial charge >= 0.3 is 26.2 Å². The van der Waals surface area contributed by atoms with Crippen molar-refractivity contribution in [3.8, 4) is 22.3 Å². The van der Waals surface area contributed by atoms with Gasteiger partial charge in [0.25, 0.3) is 0 Å². The van der Waals surface area contributed by atoms with Crippen LogP contribution in [0.5, 0.6) is 0 Å². The summed E-state index contributed by atoms with van der Waals surface area (Å²) in [6, 6.07) is 40.7. The molecule has 0 aliphatic heterocycles. The summed E-state index contributed by atoms with van der Waals surface area (Å²) in [5, 5.41) is 5.24. The van der Waals surface area contributed by atoms with Crippen molar-refractivity contribution in [2.24, 2.45) is 0 Å². The van der Waals surface area contributed by atoms with Crippen molar-refractivity contribution in [2.75, 3.05) is 0 Å². The van der Waals surface area contributed by atoms with E-state index in [4.69, 9.17) is 0 Å². The average Bonchev–Trinajstić information content (AvgIpc) is 3.64. The summed E-state index contributed by atoms with van der Waals surface area (Å²) >= 11 is 0. The van der Waals surface area contributed by atoms with E-state index in [0.717, 1.165) is 28.8 Å². The van der Waals surface area contributed by atoms with Crippen LogP contribution in [0.3, 0.4) is 0 Å². The molecule has 0 aromatic heterocycles. The van der Waals surface area contributed by atoms with E-state index in [1.807, 2.05) is 0 Å². The molecule has 270 valence electrons. The van der Waals surface area contributed by atoms with Crippen molar-refractivity contribution in [1.29, 1.82) is 0 Å². The molecular formula is C49H52Cl2SiZr. The molecule has 0 saturated heterocycles.